The van der Waals surface area contributed by atoms with Crippen LogP contribution in [0.4, 0.5) is 0 Å². The topological polar surface area (TPSA) is 57.5 Å². The van der Waals surface area contributed by atoms with Crippen molar-refractivity contribution in [3.05, 3.63) is 70.9 Å². The maximum Gasteiger partial charge on any atom is 0.303 e. The number of hydrogen-bond donors (Lipinski definition) is 2. The number of rotatable bonds is 20. The number of carboxylic acid groups (broad SMARTS) is 1. The van der Waals surface area contributed by atoms with E-state index in [1.165, 1.54) is 107 Å². The molecular weight excluding hydrogens is 504 g/mol. The maximum atomic E-state index is 10.3. The van der Waals surface area contributed by atoms with Gasteiger partial charge in [-0.15, -0.1) is 0 Å². The molecule has 3 heteroatoms. The van der Waals surface area contributed by atoms with Crippen molar-refractivity contribution in [2.45, 2.75) is 151 Å². The Hall–Kier alpha value is -2.13. The van der Waals surface area contributed by atoms with Gasteiger partial charge in [-0.2, -0.15) is 0 Å². The summed E-state index contributed by atoms with van der Waals surface area (Å²) in [6, 6.07) is 0. The number of carbonyl (C=O) groups is 1. The highest BCUT2D eigenvalue weighted by molar-refractivity contribution is 5.66. The Labute approximate surface area is 254 Å². The molecule has 0 bridgehead atoms. The van der Waals surface area contributed by atoms with Crippen LogP contribution in [0.5, 0.6) is 0 Å². The standard InChI is InChI=1S/C20H30O.C18H34O2/c1-16(8-6-9-17(2)13-15-21)11-12-19-18(3)10-7-14-20(19,4)5;1-2-3-4-5-6-7-8-9-10-11-12-13-14-15-16-17-18(19)20/h6,8-9,11-13,21H,7,10,14-15H2,1-5H3;9-10H,2-8,11-17H2,1H3,(H,19,20). The number of carboxylic acids is 1. The largest absolute Gasteiger partial charge is 0.481 e. The molecule has 0 aliphatic heterocycles. The molecular formula is C38H64O3. The Kier molecular flexibility index (Phi) is 24.2. The van der Waals surface area contributed by atoms with E-state index in [0.717, 1.165) is 18.4 Å². The number of allylic oxidation sites excluding steroid dienone is 11. The first kappa shape index (κ1) is 38.9. The lowest BCUT2D eigenvalue weighted by atomic mass is 9.72. The van der Waals surface area contributed by atoms with E-state index in [9.17, 15) is 4.79 Å². The van der Waals surface area contributed by atoms with E-state index in [4.69, 9.17) is 10.2 Å². The predicted molar refractivity (Wildman–Crippen MR) is 180 cm³/mol. The molecule has 0 heterocycles. The van der Waals surface area contributed by atoms with Crippen molar-refractivity contribution in [3.8, 4) is 0 Å². The number of hydrogen-bond acceptors (Lipinski definition) is 2. The van der Waals surface area contributed by atoms with Crippen molar-refractivity contribution < 1.29 is 15.0 Å². The highest BCUT2D eigenvalue weighted by atomic mass is 16.4. The molecule has 0 aromatic rings. The zero-order valence-corrected chi connectivity index (χ0v) is 27.6. The summed E-state index contributed by atoms with van der Waals surface area (Å²) >= 11 is 0. The SMILES string of the molecule is CC(C=CC1=C(C)CCCC1(C)C)=CC=CC(C)=CCO.CCCCCCCCC=CCCCCCCCC(=O)O. The summed E-state index contributed by atoms with van der Waals surface area (Å²) in [4.78, 5) is 10.3. The molecule has 1 aliphatic rings. The van der Waals surface area contributed by atoms with E-state index in [0.29, 0.717) is 11.8 Å². The summed E-state index contributed by atoms with van der Waals surface area (Å²) in [5.74, 6) is -0.664. The molecule has 234 valence electrons. The summed E-state index contributed by atoms with van der Waals surface area (Å²) in [6.07, 6.45) is 37.5. The predicted octanol–water partition coefficient (Wildman–Crippen LogP) is 11.6. The van der Waals surface area contributed by atoms with Crippen LogP contribution in [0.3, 0.4) is 0 Å². The van der Waals surface area contributed by atoms with Gasteiger partial charge in [0.05, 0.1) is 6.61 Å². The number of aliphatic carboxylic acids is 1. The minimum atomic E-state index is -0.664. The van der Waals surface area contributed by atoms with Crippen LogP contribution in [0.15, 0.2) is 70.9 Å². The first-order valence-corrected chi connectivity index (χ1v) is 16.5. The smallest absolute Gasteiger partial charge is 0.303 e. The zero-order chi connectivity index (χ0) is 30.8. The first-order chi connectivity index (χ1) is 19.6. The second-order valence-electron chi connectivity index (χ2n) is 12.4. The highest BCUT2D eigenvalue weighted by Crippen LogP contribution is 2.40. The molecule has 0 aromatic heterocycles. The van der Waals surface area contributed by atoms with Gasteiger partial charge in [0.1, 0.15) is 0 Å². The Morgan fingerprint density at radius 3 is 2.00 bits per heavy atom. The van der Waals surface area contributed by atoms with Gasteiger partial charge in [0.2, 0.25) is 0 Å². The monoisotopic (exact) mass is 568 g/mol. The van der Waals surface area contributed by atoms with Crippen molar-refractivity contribution >= 4 is 5.97 Å². The Morgan fingerprint density at radius 1 is 0.854 bits per heavy atom. The van der Waals surface area contributed by atoms with Gasteiger partial charge in [0.25, 0.3) is 0 Å². The summed E-state index contributed by atoms with van der Waals surface area (Å²) in [5, 5.41) is 17.3. The van der Waals surface area contributed by atoms with Gasteiger partial charge in [0, 0.05) is 6.42 Å². The summed E-state index contributed by atoms with van der Waals surface area (Å²) < 4.78 is 0. The quantitative estimate of drug-likeness (QED) is 0.0872. The second kappa shape index (κ2) is 25.6. The van der Waals surface area contributed by atoms with Crippen LogP contribution in [0.1, 0.15) is 151 Å². The minimum Gasteiger partial charge on any atom is -0.481 e. The van der Waals surface area contributed by atoms with Crippen molar-refractivity contribution in [2.24, 2.45) is 5.41 Å². The van der Waals surface area contributed by atoms with E-state index < -0.39 is 5.97 Å². The van der Waals surface area contributed by atoms with E-state index in [1.54, 1.807) is 6.08 Å². The molecule has 0 unspecified atom stereocenters. The van der Waals surface area contributed by atoms with Gasteiger partial charge in [0.15, 0.2) is 0 Å². The van der Waals surface area contributed by atoms with Crippen LogP contribution < -0.4 is 0 Å². The van der Waals surface area contributed by atoms with Crippen molar-refractivity contribution in [3.63, 3.8) is 0 Å². The summed E-state index contributed by atoms with van der Waals surface area (Å²) in [6.45, 7) is 13.4. The van der Waals surface area contributed by atoms with Gasteiger partial charge in [-0.1, -0.05) is 137 Å². The van der Waals surface area contributed by atoms with Gasteiger partial charge in [-0.05, 0) is 83.1 Å². The average molecular weight is 569 g/mol. The van der Waals surface area contributed by atoms with E-state index in [2.05, 4.69) is 65.0 Å². The first-order valence-electron chi connectivity index (χ1n) is 16.5. The van der Waals surface area contributed by atoms with Crippen LogP contribution in [0.2, 0.25) is 0 Å². The molecule has 1 aliphatic carbocycles. The number of unbranched alkanes of at least 4 members (excludes halogenated alkanes) is 11. The second-order valence-corrected chi connectivity index (χ2v) is 12.4. The molecule has 0 amide bonds. The van der Waals surface area contributed by atoms with Crippen molar-refractivity contribution in [2.75, 3.05) is 6.61 Å². The van der Waals surface area contributed by atoms with E-state index in [1.807, 2.05) is 19.1 Å². The zero-order valence-electron chi connectivity index (χ0n) is 27.6. The van der Waals surface area contributed by atoms with Crippen LogP contribution >= 0.6 is 0 Å². The fourth-order valence-electron chi connectivity index (χ4n) is 5.19. The van der Waals surface area contributed by atoms with Gasteiger partial charge < -0.3 is 10.2 Å². The van der Waals surface area contributed by atoms with Crippen molar-refractivity contribution in [1.82, 2.24) is 0 Å². The number of aliphatic hydroxyl groups excluding tert-OH is 1. The molecule has 0 saturated carbocycles. The molecule has 3 nitrogen and oxygen atoms in total. The molecule has 41 heavy (non-hydrogen) atoms. The fraction of sp³-hybridized carbons (Fsp3) is 0.658. The van der Waals surface area contributed by atoms with E-state index >= 15 is 0 Å². The van der Waals surface area contributed by atoms with Crippen LogP contribution in [0.25, 0.3) is 0 Å². The van der Waals surface area contributed by atoms with E-state index in [-0.39, 0.29) is 6.61 Å². The molecule has 0 atom stereocenters. The highest BCUT2D eigenvalue weighted by Gasteiger charge is 2.26. The average Bonchev–Trinajstić information content (AvgIpc) is 2.90. The third-order valence-corrected chi connectivity index (χ3v) is 7.84. The van der Waals surface area contributed by atoms with Gasteiger partial charge in [-0.25, -0.2) is 0 Å². The summed E-state index contributed by atoms with van der Waals surface area (Å²) in [5.41, 5.74) is 5.66. The third kappa shape index (κ3) is 23.2. The normalized spacial score (nSPS) is 16.2. The van der Waals surface area contributed by atoms with Gasteiger partial charge >= 0.3 is 5.97 Å². The lowest BCUT2D eigenvalue weighted by Gasteiger charge is -2.32. The lowest BCUT2D eigenvalue weighted by Crippen LogP contribution is -2.19. The van der Waals surface area contributed by atoms with Gasteiger partial charge in [-0.3, -0.25) is 4.79 Å². The Morgan fingerprint density at radius 2 is 1.44 bits per heavy atom. The van der Waals surface area contributed by atoms with Crippen LogP contribution in [-0.4, -0.2) is 22.8 Å². The fourth-order valence-corrected chi connectivity index (χ4v) is 5.19. The number of aliphatic hydroxyl groups is 1. The molecule has 1 rings (SSSR count). The molecule has 2 N–H and O–H groups in total. The Bertz CT molecular complexity index is 864. The molecule has 0 spiro atoms. The van der Waals surface area contributed by atoms with Crippen LogP contribution in [-0.2, 0) is 4.79 Å². The van der Waals surface area contributed by atoms with Crippen LogP contribution in [0, 0.1) is 5.41 Å². The molecule has 0 aromatic carbocycles. The minimum absolute atomic E-state index is 0.0985. The summed E-state index contributed by atoms with van der Waals surface area (Å²) in [7, 11) is 0. The molecule has 0 radical (unpaired) electrons. The lowest BCUT2D eigenvalue weighted by molar-refractivity contribution is -0.137. The third-order valence-electron chi connectivity index (χ3n) is 7.84. The maximum absolute atomic E-state index is 10.3. The Balaban J connectivity index is 0.000000782. The van der Waals surface area contributed by atoms with Crippen molar-refractivity contribution in [1.29, 1.82) is 0 Å². The molecule has 0 saturated heterocycles. The molecule has 0 fully saturated rings.